The van der Waals surface area contributed by atoms with E-state index in [-0.39, 0.29) is 24.0 Å². The molecule has 3 N–H and O–H groups in total. The monoisotopic (exact) mass is 618 g/mol. The molecule has 1 saturated carbocycles. The first-order chi connectivity index (χ1) is 22.4. The fourth-order valence-electron chi connectivity index (χ4n) is 7.25. The van der Waals surface area contributed by atoms with Crippen LogP contribution < -0.4 is 11.1 Å². The second-order valence-corrected chi connectivity index (χ2v) is 12.7. The van der Waals surface area contributed by atoms with E-state index in [0.717, 1.165) is 75.0 Å². The molecule has 2 fully saturated rings. The van der Waals surface area contributed by atoms with Crippen LogP contribution in [0.5, 0.6) is 0 Å². The van der Waals surface area contributed by atoms with Crippen LogP contribution in [0.4, 0.5) is 11.5 Å². The number of benzene rings is 2. The van der Waals surface area contributed by atoms with Gasteiger partial charge in [-0.15, -0.1) is 0 Å². The van der Waals surface area contributed by atoms with Crippen molar-refractivity contribution >= 4 is 23.4 Å². The molecular formula is C37H42N6O3. The Bertz CT molecular complexity index is 1770. The summed E-state index contributed by atoms with van der Waals surface area (Å²) in [6.07, 6.45) is 8.62. The second-order valence-electron chi connectivity index (χ2n) is 12.7. The van der Waals surface area contributed by atoms with Gasteiger partial charge in [-0.2, -0.15) is 9.78 Å². The summed E-state index contributed by atoms with van der Waals surface area (Å²) in [4.78, 5) is 31.9. The number of amides is 1. The smallest absolute Gasteiger partial charge is 0.343 e. The average Bonchev–Trinajstić information content (AvgIpc) is 3.75. The first-order valence-electron chi connectivity index (χ1n) is 16.7. The van der Waals surface area contributed by atoms with E-state index in [1.54, 1.807) is 6.92 Å². The maximum Gasteiger partial charge on any atom is 0.343 e. The number of likely N-dealkylation sites (tertiary alicyclic amines) is 1. The normalized spacial score (nSPS) is 18.0. The molecule has 1 aliphatic heterocycles. The molecule has 1 amide bonds. The topological polar surface area (TPSA) is 115 Å². The van der Waals surface area contributed by atoms with Gasteiger partial charge in [-0.3, -0.25) is 4.79 Å². The maximum absolute atomic E-state index is 12.6. The highest BCUT2D eigenvalue weighted by atomic mass is 16.5. The summed E-state index contributed by atoms with van der Waals surface area (Å²) in [7, 11) is 0. The number of esters is 1. The summed E-state index contributed by atoms with van der Waals surface area (Å²) in [5.74, 6) is 1.42. The van der Waals surface area contributed by atoms with Gasteiger partial charge in [0.1, 0.15) is 11.4 Å². The second kappa shape index (κ2) is 12.6. The zero-order valence-electron chi connectivity index (χ0n) is 26.7. The molecule has 0 radical (unpaired) electrons. The molecule has 9 heteroatoms. The van der Waals surface area contributed by atoms with Crippen LogP contribution >= 0.6 is 0 Å². The van der Waals surface area contributed by atoms with Crippen LogP contribution in [0.2, 0.25) is 0 Å². The molecule has 0 spiro atoms. The summed E-state index contributed by atoms with van der Waals surface area (Å²) >= 11 is 0. The number of nitrogen functional groups attached to an aromatic ring is 1. The molecule has 1 atom stereocenters. The van der Waals surface area contributed by atoms with Gasteiger partial charge in [-0.05, 0) is 104 Å². The summed E-state index contributed by atoms with van der Waals surface area (Å²) in [5, 5.41) is 8.21. The number of nitrogens with zero attached hydrogens (tertiary/aromatic N) is 4. The number of pyridine rings is 1. The molecule has 3 aliphatic rings. The molecule has 0 bridgehead atoms. The number of fused-ring (bicyclic) bond motifs is 1. The molecule has 238 valence electrons. The highest BCUT2D eigenvalue weighted by Gasteiger charge is 2.35. The Kier molecular flexibility index (Phi) is 8.23. The fraction of sp³-hybridized carbons (Fsp3) is 0.405. The van der Waals surface area contributed by atoms with Crippen LogP contribution in [0.15, 0.2) is 60.8 Å². The van der Waals surface area contributed by atoms with Crippen molar-refractivity contribution in [3.63, 3.8) is 0 Å². The van der Waals surface area contributed by atoms with E-state index < -0.39 is 5.97 Å². The van der Waals surface area contributed by atoms with E-state index in [4.69, 9.17) is 15.5 Å². The zero-order chi connectivity index (χ0) is 31.8. The van der Waals surface area contributed by atoms with E-state index in [1.807, 2.05) is 18.2 Å². The molecule has 1 unspecified atom stereocenters. The largest absolute Gasteiger partial charge is 0.462 e. The van der Waals surface area contributed by atoms with Crippen LogP contribution in [0.3, 0.4) is 0 Å². The number of anilines is 2. The number of hydrogen-bond donors (Lipinski definition) is 2. The van der Waals surface area contributed by atoms with Crippen molar-refractivity contribution in [3.8, 4) is 17.1 Å². The molecule has 1 saturated heterocycles. The van der Waals surface area contributed by atoms with Gasteiger partial charge in [-0.1, -0.05) is 37.3 Å². The van der Waals surface area contributed by atoms with Crippen LogP contribution in [-0.2, 0) is 22.4 Å². The van der Waals surface area contributed by atoms with Gasteiger partial charge in [-0.25, -0.2) is 9.78 Å². The molecule has 46 heavy (non-hydrogen) atoms. The molecule has 4 aromatic rings. The van der Waals surface area contributed by atoms with Gasteiger partial charge in [0.15, 0.2) is 5.82 Å². The van der Waals surface area contributed by atoms with Gasteiger partial charge >= 0.3 is 5.97 Å². The predicted octanol–water partition coefficient (Wildman–Crippen LogP) is 6.47. The standard InChI is InChI=1S/C37H42N6O3/c1-3-23-21-27(14-15-28(23)24-17-19-42(20-18-24)36(44)26-11-12-26)40-32-16-13-25-7-5-8-29(34(25)32)31-9-6-10-33(41-31)43-35(38)30(22-39-43)37(45)46-4-2/h5-10,14-15,21-22,24,26,32,40H,3-4,11-13,16-20,38H2,1-2H3. The van der Waals surface area contributed by atoms with Gasteiger partial charge in [0.2, 0.25) is 5.91 Å². The van der Waals surface area contributed by atoms with Crippen molar-refractivity contribution < 1.29 is 14.3 Å². The molecule has 2 aliphatic carbocycles. The third-order valence-corrected chi connectivity index (χ3v) is 9.81. The summed E-state index contributed by atoms with van der Waals surface area (Å²) < 4.78 is 6.61. The van der Waals surface area contributed by atoms with Crippen molar-refractivity contribution in [3.05, 3.63) is 88.6 Å². The molecule has 3 heterocycles. The Morgan fingerprint density at radius 1 is 1.00 bits per heavy atom. The van der Waals surface area contributed by atoms with Crippen molar-refractivity contribution in [1.29, 1.82) is 0 Å². The Morgan fingerprint density at radius 3 is 2.57 bits per heavy atom. The van der Waals surface area contributed by atoms with Gasteiger partial charge in [0.05, 0.1) is 24.5 Å². The average molecular weight is 619 g/mol. The van der Waals surface area contributed by atoms with Crippen LogP contribution in [-0.4, -0.2) is 51.2 Å². The number of nitrogens with two attached hydrogens (primary N) is 1. The Morgan fingerprint density at radius 2 is 1.80 bits per heavy atom. The zero-order valence-corrected chi connectivity index (χ0v) is 26.7. The lowest BCUT2D eigenvalue weighted by Gasteiger charge is -2.33. The van der Waals surface area contributed by atoms with Crippen molar-refractivity contribution in [1.82, 2.24) is 19.7 Å². The first kappa shape index (κ1) is 30.0. The maximum atomic E-state index is 12.6. The van der Waals surface area contributed by atoms with Gasteiger partial charge < -0.3 is 20.7 Å². The number of hydrogen-bond acceptors (Lipinski definition) is 7. The van der Waals surface area contributed by atoms with E-state index in [9.17, 15) is 9.59 Å². The minimum Gasteiger partial charge on any atom is -0.462 e. The lowest BCUT2D eigenvalue weighted by Crippen LogP contribution is -2.38. The van der Waals surface area contributed by atoms with E-state index in [1.165, 1.54) is 33.1 Å². The van der Waals surface area contributed by atoms with Crippen molar-refractivity contribution in [2.75, 3.05) is 30.7 Å². The summed E-state index contributed by atoms with van der Waals surface area (Å²) in [6, 6.07) is 19.2. The molecule has 7 rings (SSSR count). The molecular weight excluding hydrogens is 576 g/mol. The lowest BCUT2D eigenvalue weighted by atomic mass is 9.85. The number of carbonyl (C=O) groups is 2. The number of carbonyl (C=O) groups excluding carboxylic acids is 2. The predicted molar refractivity (Wildman–Crippen MR) is 179 cm³/mol. The third-order valence-electron chi connectivity index (χ3n) is 9.81. The van der Waals surface area contributed by atoms with Gasteiger partial charge in [0.25, 0.3) is 0 Å². The third kappa shape index (κ3) is 5.74. The fourth-order valence-corrected chi connectivity index (χ4v) is 7.25. The number of nitrogens with one attached hydrogen (secondary N) is 1. The quantitative estimate of drug-likeness (QED) is 0.207. The van der Waals surface area contributed by atoms with E-state index in [2.05, 4.69) is 58.6 Å². The highest BCUT2D eigenvalue weighted by Crippen LogP contribution is 2.41. The minimum atomic E-state index is -0.498. The molecule has 2 aromatic heterocycles. The number of aromatic nitrogens is 3. The molecule has 9 nitrogen and oxygen atoms in total. The number of rotatable bonds is 9. The van der Waals surface area contributed by atoms with Crippen LogP contribution in [0.1, 0.15) is 90.5 Å². The minimum absolute atomic E-state index is 0.147. The molecule has 2 aromatic carbocycles. The van der Waals surface area contributed by atoms with Crippen molar-refractivity contribution in [2.45, 2.75) is 70.8 Å². The summed E-state index contributed by atoms with van der Waals surface area (Å²) in [6.45, 7) is 6.00. The number of piperidine rings is 1. The Hall–Kier alpha value is -4.66. The van der Waals surface area contributed by atoms with Crippen molar-refractivity contribution in [2.24, 2.45) is 5.92 Å². The number of aryl methyl sites for hydroxylation is 2. The Balaban J connectivity index is 1.11. The SMILES string of the molecule is CCOC(=O)c1cnn(-c2cccc(-c3cccc4c3C(Nc3ccc(C5CCN(C(=O)C6CC6)CC5)c(CC)c3)CC4)n2)c1N. The highest BCUT2D eigenvalue weighted by molar-refractivity contribution is 5.94. The van der Waals surface area contributed by atoms with Gasteiger partial charge in [0, 0.05) is 30.3 Å². The lowest BCUT2D eigenvalue weighted by molar-refractivity contribution is -0.133. The Labute approximate surface area is 270 Å². The van der Waals surface area contributed by atoms with Crippen LogP contribution in [0, 0.1) is 5.92 Å². The van der Waals surface area contributed by atoms with E-state index in [0.29, 0.717) is 23.6 Å². The number of ether oxygens (including phenoxy) is 1. The first-order valence-corrected chi connectivity index (χ1v) is 16.7. The summed E-state index contributed by atoms with van der Waals surface area (Å²) in [5.41, 5.74) is 15.0. The van der Waals surface area contributed by atoms with Crippen LogP contribution in [0.25, 0.3) is 17.1 Å². The van der Waals surface area contributed by atoms with E-state index >= 15 is 0 Å².